The summed E-state index contributed by atoms with van der Waals surface area (Å²) in [6.45, 7) is 12.2. The van der Waals surface area contributed by atoms with Gasteiger partial charge in [-0.3, -0.25) is 9.48 Å². The van der Waals surface area contributed by atoms with Crippen molar-refractivity contribution in [2.75, 3.05) is 13.1 Å². The van der Waals surface area contributed by atoms with Crippen LogP contribution >= 0.6 is 11.6 Å². The van der Waals surface area contributed by atoms with Crippen molar-refractivity contribution in [1.82, 2.24) is 14.7 Å². The Hall–Kier alpha value is -1.29. The van der Waals surface area contributed by atoms with Gasteiger partial charge in [-0.2, -0.15) is 5.10 Å². The van der Waals surface area contributed by atoms with Crippen LogP contribution in [0.5, 0.6) is 0 Å². The standard InChI is InChI=1S/C18H30ClN3O/c1-13(2)9-11-22(12-10-14(3)4)17(23)8-7-16-15(5)20-21(6)18(16)19/h7-8,13-14H,9-12H2,1-6H3. The molecule has 1 aromatic heterocycles. The Morgan fingerprint density at radius 3 is 2.13 bits per heavy atom. The third kappa shape index (κ3) is 6.38. The molecule has 0 fully saturated rings. The number of hydrogen-bond acceptors (Lipinski definition) is 2. The first-order valence-electron chi connectivity index (χ1n) is 8.38. The Bertz CT molecular complexity index is 535. The van der Waals surface area contributed by atoms with Gasteiger partial charge in [-0.15, -0.1) is 0 Å². The average molecular weight is 340 g/mol. The summed E-state index contributed by atoms with van der Waals surface area (Å²) in [5.74, 6) is 1.22. The second kappa shape index (κ2) is 9.11. The van der Waals surface area contributed by atoms with Crippen molar-refractivity contribution in [3.8, 4) is 0 Å². The molecule has 0 saturated carbocycles. The molecule has 1 aromatic rings. The normalized spacial score (nSPS) is 11.9. The highest BCUT2D eigenvalue weighted by Gasteiger charge is 2.13. The van der Waals surface area contributed by atoms with Gasteiger partial charge in [-0.05, 0) is 37.7 Å². The van der Waals surface area contributed by atoms with Gasteiger partial charge in [-0.1, -0.05) is 39.3 Å². The van der Waals surface area contributed by atoms with E-state index in [1.54, 1.807) is 23.9 Å². The zero-order chi connectivity index (χ0) is 17.6. The molecule has 0 N–H and O–H groups in total. The highest BCUT2D eigenvalue weighted by atomic mass is 35.5. The predicted octanol–water partition coefficient (Wildman–Crippen LogP) is 4.32. The molecule has 1 rings (SSSR count). The summed E-state index contributed by atoms with van der Waals surface area (Å²) in [5.41, 5.74) is 1.65. The second-order valence-electron chi connectivity index (χ2n) is 6.94. The van der Waals surface area contributed by atoms with Crippen molar-refractivity contribution in [3.63, 3.8) is 0 Å². The van der Waals surface area contributed by atoms with E-state index in [2.05, 4.69) is 32.8 Å². The predicted molar refractivity (Wildman–Crippen MR) is 97.5 cm³/mol. The van der Waals surface area contributed by atoms with E-state index in [0.29, 0.717) is 17.0 Å². The summed E-state index contributed by atoms with van der Waals surface area (Å²) in [6, 6.07) is 0. The van der Waals surface area contributed by atoms with Gasteiger partial charge in [-0.25, -0.2) is 0 Å². The molecule has 4 nitrogen and oxygen atoms in total. The SMILES string of the molecule is Cc1nn(C)c(Cl)c1C=CC(=O)N(CCC(C)C)CCC(C)C. The molecule has 5 heteroatoms. The van der Waals surface area contributed by atoms with Crippen LogP contribution in [0.2, 0.25) is 5.15 Å². The Morgan fingerprint density at radius 1 is 1.22 bits per heavy atom. The number of carbonyl (C=O) groups is 1. The van der Waals surface area contributed by atoms with Gasteiger partial charge in [0.25, 0.3) is 0 Å². The molecule has 0 radical (unpaired) electrons. The summed E-state index contributed by atoms with van der Waals surface area (Å²) >= 11 is 6.21. The van der Waals surface area contributed by atoms with Crippen molar-refractivity contribution in [2.24, 2.45) is 18.9 Å². The molecule has 0 aliphatic heterocycles. The molecule has 0 saturated heterocycles. The number of carbonyl (C=O) groups excluding carboxylic acids is 1. The van der Waals surface area contributed by atoms with Crippen molar-refractivity contribution in [2.45, 2.75) is 47.5 Å². The van der Waals surface area contributed by atoms with E-state index in [0.717, 1.165) is 37.2 Å². The molecule has 0 bridgehead atoms. The largest absolute Gasteiger partial charge is 0.339 e. The van der Waals surface area contributed by atoms with Crippen LogP contribution in [0.4, 0.5) is 0 Å². The Morgan fingerprint density at radius 2 is 1.74 bits per heavy atom. The molecule has 0 aliphatic carbocycles. The average Bonchev–Trinajstić information content (AvgIpc) is 2.69. The van der Waals surface area contributed by atoms with Crippen LogP contribution in [-0.4, -0.2) is 33.7 Å². The van der Waals surface area contributed by atoms with Crippen molar-refractivity contribution >= 4 is 23.6 Å². The summed E-state index contributed by atoms with van der Waals surface area (Å²) in [5, 5.41) is 4.82. The van der Waals surface area contributed by atoms with Crippen LogP contribution in [0.3, 0.4) is 0 Å². The third-order valence-electron chi connectivity index (χ3n) is 3.85. The van der Waals surface area contributed by atoms with Gasteiger partial charge in [0.05, 0.1) is 5.69 Å². The van der Waals surface area contributed by atoms with Crippen LogP contribution < -0.4 is 0 Å². The molecule has 0 unspecified atom stereocenters. The number of halogens is 1. The van der Waals surface area contributed by atoms with E-state index in [-0.39, 0.29) is 5.91 Å². The second-order valence-corrected chi connectivity index (χ2v) is 7.30. The minimum absolute atomic E-state index is 0.0469. The van der Waals surface area contributed by atoms with E-state index in [1.165, 1.54) is 0 Å². The first kappa shape index (κ1) is 19.8. The van der Waals surface area contributed by atoms with Crippen LogP contribution in [0.1, 0.15) is 51.8 Å². The van der Waals surface area contributed by atoms with Crippen LogP contribution in [0.15, 0.2) is 6.08 Å². The van der Waals surface area contributed by atoms with E-state index in [1.807, 2.05) is 11.8 Å². The molecule has 1 amide bonds. The molecular formula is C18H30ClN3O. The summed E-state index contributed by atoms with van der Waals surface area (Å²) in [7, 11) is 1.80. The molecular weight excluding hydrogens is 310 g/mol. The Labute approximate surface area is 145 Å². The quantitative estimate of drug-likeness (QED) is 0.662. The minimum Gasteiger partial charge on any atom is -0.339 e. The van der Waals surface area contributed by atoms with E-state index in [4.69, 9.17) is 11.6 Å². The smallest absolute Gasteiger partial charge is 0.246 e. The van der Waals surface area contributed by atoms with Gasteiger partial charge >= 0.3 is 0 Å². The summed E-state index contributed by atoms with van der Waals surface area (Å²) < 4.78 is 1.62. The lowest BCUT2D eigenvalue weighted by atomic mass is 10.1. The van der Waals surface area contributed by atoms with Crippen LogP contribution in [0, 0.1) is 18.8 Å². The highest BCUT2D eigenvalue weighted by Crippen LogP contribution is 2.20. The molecule has 0 spiro atoms. The van der Waals surface area contributed by atoms with Gasteiger partial charge in [0.1, 0.15) is 5.15 Å². The zero-order valence-corrected chi connectivity index (χ0v) is 16.0. The fraction of sp³-hybridized carbons (Fsp3) is 0.667. The third-order valence-corrected chi connectivity index (χ3v) is 4.30. The number of amides is 1. The molecule has 23 heavy (non-hydrogen) atoms. The Balaban J connectivity index is 2.80. The van der Waals surface area contributed by atoms with E-state index >= 15 is 0 Å². The lowest BCUT2D eigenvalue weighted by molar-refractivity contribution is -0.126. The molecule has 0 aliphatic rings. The van der Waals surface area contributed by atoms with Crippen LogP contribution in [-0.2, 0) is 11.8 Å². The molecule has 0 aromatic carbocycles. The van der Waals surface area contributed by atoms with Gasteiger partial charge in [0, 0.05) is 31.8 Å². The minimum atomic E-state index is 0.0469. The number of aromatic nitrogens is 2. The number of nitrogens with zero attached hydrogens (tertiary/aromatic N) is 3. The maximum absolute atomic E-state index is 12.5. The topological polar surface area (TPSA) is 38.1 Å². The van der Waals surface area contributed by atoms with E-state index in [9.17, 15) is 4.79 Å². The molecule has 1 heterocycles. The first-order chi connectivity index (χ1) is 10.7. The van der Waals surface area contributed by atoms with Gasteiger partial charge in [0.2, 0.25) is 5.91 Å². The monoisotopic (exact) mass is 339 g/mol. The highest BCUT2D eigenvalue weighted by molar-refractivity contribution is 6.31. The zero-order valence-electron chi connectivity index (χ0n) is 15.3. The van der Waals surface area contributed by atoms with Crippen LogP contribution in [0.25, 0.3) is 6.08 Å². The number of aryl methyl sites for hydroxylation is 2. The lowest BCUT2D eigenvalue weighted by Gasteiger charge is -2.23. The fourth-order valence-corrected chi connectivity index (χ4v) is 2.49. The summed E-state index contributed by atoms with van der Waals surface area (Å²) in [6.07, 6.45) is 5.44. The van der Waals surface area contributed by atoms with Gasteiger partial charge < -0.3 is 4.90 Å². The first-order valence-corrected chi connectivity index (χ1v) is 8.76. The molecule has 130 valence electrons. The maximum Gasteiger partial charge on any atom is 0.246 e. The Kier molecular flexibility index (Phi) is 7.83. The summed E-state index contributed by atoms with van der Waals surface area (Å²) in [4.78, 5) is 14.5. The van der Waals surface area contributed by atoms with Crippen molar-refractivity contribution in [1.29, 1.82) is 0 Å². The number of rotatable bonds is 8. The molecule has 0 atom stereocenters. The van der Waals surface area contributed by atoms with Gasteiger partial charge in [0.15, 0.2) is 0 Å². The van der Waals surface area contributed by atoms with Crippen molar-refractivity contribution in [3.05, 3.63) is 22.5 Å². The maximum atomic E-state index is 12.5. The van der Waals surface area contributed by atoms with E-state index < -0.39 is 0 Å². The number of hydrogen-bond donors (Lipinski definition) is 0. The van der Waals surface area contributed by atoms with Crippen molar-refractivity contribution < 1.29 is 4.79 Å². The lowest BCUT2D eigenvalue weighted by Crippen LogP contribution is -2.32. The fourth-order valence-electron chi connectivity index (χ4n) is 2.26.